The fraction of sp³-hybridized carbons (Fsp3) is 0.656. The van der Waals surface area contributed by atoms with Crippen LogP contribution in [0.2, 0.25) is 0 Å². The maximum Gasteiger partial charge on any atom is 0.254 e. The number of aliphatic hydroxyl groups is 2. The fourth-order valence-electron chi connectivity index (χ4n) is 7.27. The van der Waals surface area contributed by atoms with E-state index in [0.29, 0.717) is 23.4 Å². The molecule has 2 aromatic rings. The quantitative estimate of drug-likeness (QED) is 0.396. The molecule has 2 amide bonds. The molecule has 1 aliphatic carbocycles. The molecular weight excluding hydrogens is 536 g/mol. The maximum atomic E-state index is 13.3. The number of benzene rings is 1. The van der Waals surface area contributed by atoms with Crippen molar-refractivity contribution in [2.45, 2.75) is 96.4 Å². The van der Waals surface area contributed by atoms with Crippen LogP contribution in [0.4, 0.5) is 0 Å². The second-order valence-corrected chi connectivity index (χ2v) is 13.4. The molecule has 0 radical (unpaired) electrons. The lowest BCUT2D eigenvalue weighted by molar-refractivity contribution is -0.154. The van der Waals surface area contributed by atoms with Gasteiger partial charge >= 0.3 is 0 Å². The lowest BCUT2D eigenvalue weighted by atomic mass is 9.77. The van der Waals surface area contributed by atoms with Gasteiger partial charge in [-0.05, 0) is 100 Å². The van der Waals surface area contributed by atoms with Gasteiger partial charge in [-0.2, -0.15) is 0 Å². The van der Waals surface area contributed by atoms with Crippen LogP contribution in [0.5, 0.6) is 0 Å². The number of aryl methyl sites for hydroxylation is 2. The molecule has 5 atom stereocenters. The van der Waals surface area contributed by atoms with Gasteiger partial charge in [-0.1, -0.05) is 24.6 Å². The second-order valence-electron chi connectivity index (χ2n) is 12.4. The number of rotatable bonds is 10. The molecule has 4 unspecified atom stereocenters. The van der Waals surface area contributed by atoms with Gasteiger partial charge in [0.05, 0.1) is 12.2 Å². The van der Waals surface area contributed by atoms with Crippen molar-refractivity contribution in [3.63, 3.8) is 0 Å². The molecule has 3 N–H and O–H groups in total. The van der Waals surface area contributed by atoms with E-state index in [0.717, 1.165) is 44.3 Å². The molecule has 3 heterocycles. The number of hydrogen-bond acceptors (Lipinski definition) is 7. The van der Waals surface area contributed by atoms with E-state index >= 15 is 0 Å². The Balaban J connectivity index is 1.12. The van der Waals surface area contributed by atoms with E-state index in [4.69, 9.17) is 0 Å². The number of hydrogen-bond donors (Lipinski definition) is 3. The summed E-state index contributed by atoms with van der Waals surface area (Å²) in [5, 5.41) is 26.8. The summed E-state index contributed by atoms with van der Waals surface area (Å²) >= 11 is 1.45. The third-order valence-corrected chi connectivity index (χ3v) is 10.4. The average Bonchev–Trinajstić information content (AvgIpc) is 3.75. The van der Waals surface area contributed by atoms with Crippen molar-refractivity contribution in [3.8, 4) is 0 Å². The van der Waals surface area contributed by atoms with Crippen LogP contribution in [0.1, 0.15) is 78.8 Å². The molecule has 2 saturated heterocycles. The number of aliphatic hydroxyl groups excluding tert-OH is 2. The van der Waals surface area contributed by atoms with E-state index in [1.807, 2.05) is 11.4 Å². The topological polar surface area (TPSA) is 106 Å². The first-order chi connectivity index (χ1) is 19.8. The van der Waals surface area contributed by atoms with Crippen LogP contribution in [0.3, 0.4) is 0 Å². The van der Waals surface area contributed by atoms with Gasteiger partial charge in [-0.3, -0.25) is 9.59 Å². The zero-order valence-electron chi connectivity index (χ0n) is 24.6. The molecule has 3 fully saturated rings. The number of amides is 2. The van der Waals surface area contributed by atoms with Gasteiger partial charge in [0.1, 0.15) is 5.01 Å². The van der Waals surface area contributed by atoms with E-state index in [-0.39, 0.29) is 12.6 Å². The molecule has 9 heteroatoms. The van der Waals surface area contributed by atoms with E-state index in [1.54, 1.807) is 4.90 Å². The minimum absolute atomic E-state index is 0.0828. The number of carbonyl (C=O) groups excluding carboxylic acids is 2. The van der Waals surface area contributed by atoms with Gasteiger partial charge < -0.3 is 25.3 Å². The third kappa shape index (κ3) is 7.37. The predicted octanol–water partition coefficient (Wildman–Crippen LogP) is 3.58. The highest BCUT2D eigenvalue weighted by molar-refractivity contribution is 7.09. The van der Waals surface area contributed by atoms with Crippen molar-refractivity contribution in [1.29, 1.82) is 0 Å². The molecular formula is C32H46N4O4S. The summed E-state index contributed by atoms with van der Waals surface area (Å²) in [7, 11) is 0. The first kappa shape index (κ1) is 30.1. The van der Waals surface area contributed by atoms with Crippen molar-refractivity contribution >= 4 is 23.2 Å². The Bertz CT molecular complexity index is 1180. The number of nitrogens with one attached hydrogen (secondary N) is 1. The molecule has 2 aliphatic heterocycles. The number of thiazole rings is 1. The van der Waals surface area contributed by atoms with Crippen LogP contribution in [0.15, 0.2) is 23.6 Å². The predicted molar refractivity (Wildman–Crippen MR) is 161 cm³/mol. The number of likely N-dealkylation sites (tertiary alicyclic amines) is 2. The summed E-state index contributed by atoms with van der Waals surface area (Å²) in [6.45, 7) is 8.47. The highest BCUT2D eigenvalue weighted by Crippen LogP contribution is 2.38. The van der Waals surface area contributed by atoms with Gasteiger partial charge in [-0.25, -0.2) is 4.98 Å². The molecule has 3 aliphatic rings. The summed E-state index contributed by atoms with van der Waals surface area (Å²) in [4.78, 5) is 35.0. The molecule has 1 aromatic heterocycles. The summed E-state index contributed by atoms with van der Waals surface area (Å²) in [5.74, 6) is -0.195. The Morgan fingerprint density at radius 2 is 1.78 bits per heavy atom. The maximum absolute atomic E-state index is 13.3. The minimum Gasteiger partial charge on any atom is -0.380 e. The van der Waals surface area contributed by atoms with Gasteiger partial charge in [0.25, 0.3) is 11.8 Å². The summed E-state index contributed by atoms with van der Waals surface area (Å²) in [5.41, 5.74) is 4.62. The van der Waals surface area contributed by atoms with Gasteiger partial charge in [0.15, 0.2) is 12.2 Å². The highest BCUT2D eigenvalue weighted by atomic mass is 32.1. The minimum atomic E-state index is -1.81. The van der Waals surface area contributed by atoms with Gasteiger partial charge in [0.2, 0.25) is 0 Å². The molecule has 0 bridgehead atoms. The van der Waals surface area contributed by atoms with Crippen molar-refractivity contribution in [1.82, 2.24) is 20.1 Å². The number of carbonyl (C=O) groups is 2. The highest BCUT2D eigenvalue weighted by Gasteiger charge is 2.42. The van der Waals surface area contributed by atoms with Crippen LogP contribution in [0.25, 0.3) is 0 Å². The Morgan fingerprint density at radius 3 is 2.54 bits per heavy atom. The van der Waals surface area contributed by atoms with E-state index in [2.05, 4.69) is 41.2 Å². The average molecular weight is 583 g/mol. The zero-order chi connectivity index (χ0) is 28.9. The van der Waals surface area contributed by atoms with Gasteiger partial charge in [0, 0.05) is 30.9 Å². The Morgan fingerprint density at radius 1 is 1.02 bits per heavy atom. The van der Waals surface area contributed by atoms with Crippen molar-refractivity contribution < 1.29 is 19.8 Å². The zero-order valence-corrected chi connectivity index (χ0v) is 25.4. The molecule has 224 valence electrons. The Kier molecular flexibility index (Phi) is 10.1. The van der Waals surface area contributed by atoms with Crippen LogP contribution in [-0.4, -0.2) is 81.2 Å². The summed E-state index contributed by atoms with van der Waals surface area (Å²) in [6.07, 6.45) is 6.20. The lowest BCUT2D eigenvalue weighted by Gasteiger charge is -2.39. The van der Waals surface area contributed by atoms with Crippen molar-refractivity contribution in [2.24, 2.45) is 11.8 Å². The lowest BCUT2D eigenvalue weighted by Crippen LogP contribution is -2.53. The SMILES string of the molecule is Cc1cccc(C)c1Cc1csc(CNC(=O)C(O)[C@@H](O)C(=O)N2CCCC2C2CCCC(CN3CCCC3)C2)n1. The van der Waals surface area contributed by atoms with Crippen LogP contribution in [0, 0.1) is 25.7 Å². The van der Waals surface area contributed by atoms with E-state index < -0.39 is 24.0 Å². The first-order valence-corrected chi connectivity index (χ1v) is 16.3. The smallest absolute Gasteiger partial charge is 0.254 e. The van der Waals surface area contributed by atoms with Crippen LogP contribution < -0.4 is 5.32 Å². The Labute approximate surface area is 248 Å². The fourth-order valence-corrected chi connectivity index (χ4v) is 8.00. The molecule has 1 aromatic carbocycles. The van der Waals surface area contributed by atoms with E-state index in [1.165, 1.54) is 66.8 Å². The molecule has 1 saturated carbocycles. The number of aromatic nitrogens is 1. The third-order valence-electron chi connectivity index (χ3n) is 9.50. The summed E-state index contributed by atoms with van der Waals surface area (Å²) in [6, 6.07) is 6.32. The molecule has 0 spiro atoms. The van der Waals surface area contributed by atoms with Crippen molar-refractivity contribution in [2.75, 3.05) is 26.2 Å². The standard InChI is InChI=1S/C32H46N4O4S/c1-21-8-5-9-22(2)26(21)17-25-20-41-28(34-25)18-33-31(39)29(37)30(38)32(40)36-15-7-12-27(36)24-11-6-10-23(16-24)19-35-13-3-4-14-35/h5,8-9,20,23-24,27,29-30,37-38H,3-4,6-7,10-19H2,1-2H3,(H,33,39)/t23?,24?,27?,29?,30-/m1/s1. The molecule has 8 nitrogen and oxygen atoms in total. The van der Waals surface area contributed by atoms with Crippen LogP contribution in [-0.2, 0) is 22.6 Å². The second kappa shape index (κ2) is 13.8. The monoisotopic (exact) mass is 582 g/mol. The molecule has 5 rings (SSSR count). The van der Waals surface area contributed by atoms with Crippen LogP contribution >= 0.6 is 11.3 Å². The van der Waals surface area contributed by atoms with E-state index in [9.17, 15) is 19.8 Å². The first-order valence-electron chi connectivity index (χ1n) is 15.4. The van der Waals surface area contributed by atoms with Gasteiger partial charge in [-0.15, -0.1) is 11.3 Å². The Hall–Kier alpha value is -2.33. The van der Waals surface area contributed by atoms with Crippen molar-refractivity contribution in [3.05, 3.63) is 51.0 Å². The molecule has 41 heavy (non-hydrogen) atoms. The number of nitrogens with zero attached hydrogens (tertiary/aromatic N) is 3. The largest absolute Gasteiger partial charge is 0.380 e. The summed E-state index contributed by atoms with van der Waals surface area (Å²) < 4.78 is 0. The normalized spacial score (nSPS) is 24.9.